The SMILES string of the molecule is CCC1(COCCCCCCOc2ccc(C(=O)Oc3ccc(CCOC(C)=O)cc3C=O)cc2OC)COC1. The van der Waals surface area contributed by atoms with Gasteiger partial charge in [0.25, 0.3) is 0 Å². The van der Waals surface area contributed by atoms with Gasteiger partial charge in [-0.3, -0.25) is 9.59 Å². The predicted molar refractivity (Wildman–Crippen MR) is 148 cm³/mol. The molecule has 9 nitrogen and oxygen atoms in total. The maximum absolute atomic E-state index is 12.8. The topological polar surface area (TPSA) is 107 Å². The largest absolute Gasteiger partial charge is 0.493 e. The third-order valence-corrected chi connectivity index (χ3v) is 6.91. The van der Waals surface area contributed by atoms with Crippen molar-refractivity contribution in [2.75, 3.05) is 46.8 Å². The first-order valence-electron chi connectivity index (χ1n) is 13.8. The summed E-state index contributed by atoms with van der Waals surface area (Å²) in [4.78, 5) is 35.3. The van der Waals surface area contributed by atoms with Crippen molar-refractivity contribution >= 4 is 18.2 Å². The Kier molecular flexibility index (Phi) is 12.4. The van der Waals surface area contributed by atoms with E-state index in [4.69, 9.17) is 28.4 Å². The number of ether oxygens (including phenoxy) is 6. The minimum atomic E-state index is -0.627. The molecule has 0 saturated carbocycles. The fourth-order valence-corrected chi connectivity index (χ4v) is 4.23. The van der Waals surface area contributed by atoms with Gasteiger partial charge < -0.3 is 28.4 Å². The van der Waals surface area contributed by atoms with Crippen LogP contribution in [0, 0.1) is 5.41 Å². The van der Waals surface area contributed by atoms with Crippen molar-refractivity contribution < 1.29 is 42.8 Å². The van der Waals surface area contributed by atoms with Gasteiger partial charge in [0.15, 0.2) is 17.8 Å². The molecule has 2 aromatic rings. The molecule has 1 fully saturated rings. The summed E-state index contributed by atoms with van der Waals surface area (Å²) in [5.74, 6) is 0.107. The van der Waals surface area contributed by atoms with Gasteiger partial charge in [-0.15, -0.1) is 0 Å². The van der Waals surface area contributed by atoms with Gasteiger partial charge >= 0.3 is 11.9 Å². The standard InChI is InChI=1S/C31H40O9/c1-4-31(21-37-22-31)20-36-14-7-5-6-8-15-39-28-12-10-25(18-29(28)35-3)30(34)40-27-11-9-24(17-26(27)19-32)13-16-38-23(2)33/h9-12,17-19H,4-8,13-16,20-22H2,1-3H3. The smallest absolute Gasteiger partial charge is 0.343 e. The Morgan fingerprint density at radius 1 is 0.950 bits per heavy atom. The monoisotopic (exact) mass is 556 g/mol. The lowest BCUT2D eigenvalue weighted by Crippen LogP contribution is -2.45. The molecule has 1 heterocycles. The second kappa shape index (κ2) is 16.0. The van der Waals surface area contributed by atoms with Crippen LogP contribution >= 0.6 is 0 Å². The van der Waals surface area contributed by atoms with Crippen LogP contribution in [0.15, 0.2) is 36.4 Å². The number of benzene rings is 2. The maximum atomic E-state index is 12.8. The number of rotatable bonds is 18. The van der Waals surface area contributed by atoms with E-state index < -0.39 is 5.97 Å². The lowest BCUT2D eigenvalue weighted by molar-refractivity contribution is -0.150. The van der Waals surface area contributed by atoms with Crippen LogP contribution in [-0.2, 0) is 25.4 Å². The molecule has 0 aromatic heterocycles. The van der Waals surface area contributed by atoms with Crippen molar-refractivity contribution in [2.24, 2.45) is 5.41 Å². The Bertz CT molecular complexity index is 1120. The molecule has 0 N–H and O–H groups in total. The Labute approximate surface area is 236 Å². The molecule has 0 atom stereocenters. The van der Waals surface area contributed by atoms with Gasteiger partial charge in [-0.05, 0) is 61.6 Å². The number of methoxy groups -OCH3 is 1. The zero-order chi connectivity index (χ0) is 28.8. The summed E-state index contributed by atoms with van der Waals surface area (Å²) >= 11 is 0. The molecular weight excluding hydrogens is 516 g/mol. The summed E-state index contributed by atoms with van der Waals surface area (Å²) in [5, 5.41) is 0. The Morgan fingerprint density at radius 2 is 1.70 bits per heavy atom. The van der Waals surface area contributed by atoms with Gasteiger partial charge in [0.2, 0.25) is 0 Å². The zero-order valence-corrected chi connectivity index (χ0v) is 23.7. The van der Waals surface area contributed by atoms with Gasteiger partial charge in [-0.25, -0.2) is 4.79 Å². The Balaban J connectivity index is 1.42. The average molecular weight is 557 g/mol. The molecule has 9 heteroatoms. The Morgan fingerprint density at radius 3 is 2.35 bits per heavy atom. The first-order valence-corrected chi connectivity index (χ1v) is 13.8. The fraction of sp³-hybridized carbons (Fsp3) is 0.516. The van der Waals surface area contributed by atoms with Gasteiger partial charge in [0.05, 0.1) is 51.3 Å². The van der Waals surface area contributed by atoms with E-state index in [1.165, 1.54) is 14.0 Å². The van der Waals surface area contributed by atoms with E-state index in [0.717, 1.165) is 64.1 Å². The molecule has 0 bridgehead atoms. The third kappa shape index (κ3) is 9.34. The molecule has 0 unspecified atom stereocenters. The van der Waals surface area contributed by atoms with E-state index in [1.807, 2.05) is 0 Å². The maximum Gasteiger partial charge on any atom is 0.343 e. The van der Waals surface area contributed by atoms with Crippen LogP contribution < -0.4 is 14.2 Å². The van der Waals surface area contributed by atoms with Crippen molar-refractivity contribution in [1.29, 1.82) is 0 Å². The molecule has 0 spiro atoms. The van der Waals surface area contributed by atoms with E-state index in [2.05, 4.69) is 6.92 Å². The fourth-order valence-electron chi connectivity index (χ4n) is 4.23. The quantitative estimate of drug-likeness (QED) is 0.106. The molecule has 2 aromatic carbocycles. The number of carbonyl (C=O) groups excluding carboxylic acids is 3. The second-order valence-electron chi connectivity index (χ2n) is 10.00. The van der Waals surface area contributed by atoms with Gasteiger partial charge in [-0.1, -0.05) is 19.4 Å². The molecule has 0 amide bonds. The third-order valence-electron chi connectivity index (χ3n) is 6.91. The second-order valence-corrected chi connectivity index (χ2v) is 10.00. The molecule has 40 heavy (non-hydrogen) atoms. The molecule has 0 radical (unpaired) electrons. The minimum Gasteiger partial charge on any atom is -0.493 e. The lowest BCUT2D eigenvalue weighted by atomic mass is 9.84. The van der Waals surface area contributed by atoms with E-state index in [1.54, 1.807) is 36.4 Å². The van der Waals surface area contributed by atoms with E-state index >= 15 is 0 Å². The van der Waals surface area contributed by atoms with Gasteiger partial charge in [0.1, 0.15) is 5.75 Å². The number of hydrogen-bond donors (Lipinski definition) is 0. The summed E-state index contributed by atoms with van der Waals surface area (Å²) in [7, 11) is 1.51. The molecule has 0 aliphatic carbocycles. The summed E-state index contributed by atoms with van der Waals surface area (Å²) < 4.78 is 32.9. The van der Waals surface area contributed by atoms with Gasteiger partial charge in [0, 0.05) is 25.4 Å². The molecular formula is C31H40O9. The molecule has 1 aliphatic heterocycles. The normalized spacial score (nSPS) is 13.7. The van der Waals surface area contributed by atoms with E-state index in [0.29, 0.717) is 30.8 Å². The lowest BCUT2D eigenvalue weighted by Gasteiger charge is -2.40. The molecule has 218 valence electrons. The van der Waals surface area contributed by atoms with Crippen LogP contribution in [0.5, 0.6) is 17.2 Å². The van der Waals surface area contributed by atoms with Crippen LogP contribution in [0.1, 0.15) is 72.2 Å². The van der Waals surface area contributed by atoms with Crippen molar-refractivity contribution in [1.82, 2.24) is 0 Å². The van der Waals surface area contributed by atoms with Gasteiger partial charge in [-0.2, -0.15) is 0 Å². The highest BCUT2D eigenvalue weighted by Gasteiger charge is 2.36. The van der Waals surface area contributed by atoms with E-state index in [9.17, 15) is 14.4 Å². The van der Waals surface area contributed by atoms with Crippen LogP contribution in [0.3, 0.4) is 0 Å². The minimum absolute atomic E-state index is 0.142. The van der Waals surface area contributed by atoms with E-state index in [-0.39, 0.29) is 34.9 Å². The predicted octanol–water partition coefficient (Wildman–Crippen LogP) is 5.21. The highest BCUT2D eigenvalue weighted by Crippen LogP contribution is 2.32. The summed E-state index contributed by atoms with van der Waals surface area (Å²) in [5.41, 5.74) is 1.50. The van der Waals surface area contributed by atoms with Crippen molar-refractivity contribution in [3.8, 4) is 17.2 Å². The highest BCUT2D eigenvalue weighted by molar-refractivity contribution is 5.93. The first-order chi connectivity index (χ1) is 19.4. The Hall–Kier alpha value is -3.43. The zero-order valence-electron chi connectivity index (χ0n) is 23.7. The van der Waals surface area contributed by atoms with Crippen molar-refractivity contribution in [3.05, 3.63) is 53.1 Å². The van der Waals surface area contributed by atoms with Crippen LogP contribution in [0.2, 0.25) is 0 Å². The average Bonchev–Trinajstić information content (AvgIpc) is 2.93. The van der Waals surface area contributed by atoms with Crippen LogP contribution in [-0.4, -0.2) is 65.0 Å². The molecule has 1 aliphatic rings. The summed E-state index contributed by atoms with van der Waals surface area (Å²) in [6.45, 7) is 7.41. The van der Waals surface area contributed by atoms with Crippen LogP contribution in [0.25, 0.3) is 0 Å². The number of carbonyl (C=O) groups is 3. The summed E-state index contributed by atoms with van der Waals surface area (Å²) in [6, 6.07) is 9.71. The molecule has 1 saturated heterocycles. The first kappa shape index (κ1) is 31.1. The number of esters is 2. The number of aldehydes is 1. The highest BCUT2D eigenvalue weighted by atomic mass is 16.5. The molecule has 3 rings (SSSR count). The summed E-state index contributed by atoms with van der Waals surface area (Å²) in [6.07, 6.45) is 6.16. The number of unbranched alkanes of at least 4 members (excludes halogenated alkanes) is 3. The van der Waals surface area contributed by atoms with Crippen LogP contribution in [0.4, 0.5) is 0 Å². The van der Waals surface area contributed by atoms with Crippen molar-refractivity contribution in [3.63, 3.8) is 0 Å². The van der Waals surface area contributed by atoms with Crippen molar-refractivity contribution in [2.45, 2.75) is 52.4 Å². The number of hydrogen-bond acceptors (Lipinski definition) is 9.